The van der Waals surface area contributed by atoms with Crippen LogP contribution in [0.3, 0.4) is 0 Å². The van der Waals surface area contributed by atoms with Crippen molar-refractivity contribution < 1.29 is 24.2 Å². The molecule has 1 aromatic carbocycles. The summed E-state index contributed by atoms with van der Waals surface area (Å²) in [4.78, 5) is 26.6. The summed E-state index contributed by atoms with van der Waals surface area (Å²) in [5, 5.41) is 22.6. The van der Waals surface area contributed by atoms with Crippen LogP contribution >= 0.6 is 11.3 Å². The van der Waals surface area contributed by atoms with Gasteiger partial charge >= 0.3 is 5.97 Å². The lowest BCUT2D eigenvalue weighted by molar-refractivity contribution is -0.112. The van der Waals surface area contributed by atoms with Gasteiger partial charge in [-0.25, -0.2) is 4.79 Å². The number of nitriles is 1. The molecule has 2 N–H and O–H groups in total. The van der Waals surface area contributed by atoms with Crippen LogP contribution in [-0.2, 0) is 22.4 Å². The maximum Gasteiger partial charge on any atom is 0.341 e. The Labute approximate surface area is 191 Å². The van der Waals surface area contributed by atoms with Crippen molar-refractivity contribution in [1.82, 2.24) is 0 Å². The van der Waals surface area contributed by atoms with Crippen LogP contribution in [0.2, 0.25) is 0 Å². The fourth-order valence-corrected chi connectivity index (χ4v) is 5.14. The summed E-state index contributed by atoms with van der Waals surface area (Å²) >= 11 is 1.38. The van der Waals surface area contributed by atoms with E-state index in [0.29, 0.717) is 27.8 Å². The highest BCUT2D eigenvalue weighted by Gasteiger charge is 2.30. The summed E-state index contributed by atoms with van der Waals surface area (Å²) < 4.78 is 10.3. The minimum absolute atomic E-state index is 0.0973. The van der Waals surface area contributed by atoms with Gasteiger partial charge in [0, 0.05) is 4.88 Å². The van der Waals surface area contributed by atoms with Crippen LogP contribution in [0.15, 0.2) is 23.8 Å². The van der Waals surface area contributed by atoms with Gasteiger partial charge in [0.15, 0.2) is 11.5 Å². The van der Waals surface area contributed by atoms with Crippen LogP contribution in [0.5, 0.6) is 11.5 Å². The molecule has 1 aliphatic rings. The number of thiophene rings is 1. The van der Waals surface area contributed by atoms with Crippen LogP contribution in [0.25, 0.3) is 6.08 Å². The van der Waals surface area contributed by atoms with Crippen molar-refractivity contribution in [3.8, 4) is 17.6 Å². The van der Waals surface area contributed by atoms with E-state index in [1.54, 1.807) is 19.1 Å². The summed E-state index contributed by atoms with van der Waals surface area (Å²) in [6, 6.07) is 6.47. The Kier molecular flexibility index (Phi) is 7.54. The largest absolute Gasteiger partial charge is 0.504 e. The standard InChI is InChI=1S/C24H26N2O5S/c1-4-14-6-8-17-20(12-14)32-23(21(17)24(29)31-5-2)26-22(28)16(13-25)10-15-7-9-19(30-3)18(27)11-15/h7,9-11,14,27H,4-6,8,12H2,1-3H3,(H,26,28)/b16-10+. The number of carbonyl (C=O) groups is 2. The molecule has 32 heavy (non-hydrogen) atoms. The molecule has 168 valence electrons. The van der Waals surface area contributed by atoms with Crippen molar-refractivity contribution in [3.63, 3.8) is 0 Å². The number of aromatic hydroxyl groups is 1. The van der Waals surface area contributed by atoms with Gasteiger partial charge in [0.1, 0.15) is 16.6 Å². The molecule has 2 aromatic rings. The quantitative estimate of drug-likeness (QED) is 0.357. The average Bonchev–Trinajstić information content (AvgIpc) is 3.14. The van der Waals surface area contributed by atoms with Gasteiger partial charge in [-0.15, -0.1) is 11.3 Å². The Hall–Kier alpha value is -3.31. The van der Waals surface area contributed by atoms with Crippen molar-refractivity contribution >= 4 is 34.3 Å². The Morgan fingerprint density at radius 3 is 2.78 bits per heavy atom. The van der Waals surface area contributed by atoms with Crippen molar-refractivity contribution in [1.29, 1.82) is 5.26 Å². The van der Waals surface area contributed by atoms with E-state index in [2.05, 4.69) is 12.2 Å². The molecule has 1 unspecified atom stereocenters. The number of rotatable bonds is 7. The zero-order valence-electron chi connectivity index (χ0n) is 18.4. The Morgan fingerprint density at radius 2 is 2.16 bits per heavy atom. The van der Waals surface area contributed by atoms with Crippen molar-refractivity contribution in [2.45, 2.75) is 39.5 Å². The van der Waals surface area contributed by atoms with Gasteiger partial charge in [-0.05, 0) is 61.4 Å². The van der Waals surface area contributed by atoms with Gasteiger partial charge < -0.3 is 19.9 Å². The van der Waals surface area contributed by atoms with Gasteiger partial charge in [-0.3, -0.25) is 4.79 Å². The molecule has 0 saturated heterocycles. The van der Waals surface area contributed by atoms with E-state index in [1.165, 1.54) is 30.6 Å². The Morgan fingerprint density at radius 1 is 1.38 bits per heavy atom. The maximum absolute atomic E-state index is 12.9. The van der Waals surface area contributed by atoms with Crippen molar-refractivity contribution in [2.24, 2.45) is 5.92 Å². The Balaban J connectivity index is 1.92. The highest BCUT2D eigenvalue weighted by Crippen LogP contribution is 2.41. The summed E-state index contributed by atoms with van der Waals surface area (Å²) in [5.74, 6) is -0.340. The van der Waals surface area contributed by atoms with E-state index in [9.17, 15) is 20.0 Å². The average molecular weight is 455 g/mol. The lowest BCUT2D eigenvalue weighted by Gasteiger charge is -2.20. The highest BCUT2D eigenvalue weighted by atomic mass is 32.1. The number of methoxy groups -OCH3 is 1. The molecule has 0 radical (unpaired) electrons. The number of hydrogen-bond donors (Lipinski definition) is 2. The number of phenolic OH excluding ortho intramolecular Hbond substituents is 1. The van der Waals surface area contributed by atoms with Crippen molar-refractivity contribution in [3.05, 3.63) is 45.3 Å². The number of benzene rings is 1. The van der Waals surface area contributed by atoms with Crippen molar-refractivity contribution in [2.75, 3.05) is 19.0 Å². The topological polar surface area (TPSA) is 109 Å². The minimum atomic E-state index is -0.626. The number of amides is 1. The summed E-state index contributed by atoms with van der Waals surface area (Å²) in [6.45, 7) is 4.13. The molecule has 1 heterocycles. The summed E-state index contributed by atoms with van der Waals surface area (Å²) in [5.41, 5.74) is 1.66. The minimum Gasteiger partial charge on any atom is -0.504 e. The van der Waals surface area contributed by atoms with Gasteiger partial charge in [0.2, 0.25) is 0 Å². The number of phenols is 1. The molecule has 8 heteroatoms. The fourth-order valence-electron chi connectivity index (χ4n) is 3.79. The predicted octanol–water partition coefficient (Wildman–Crippen LogP) is 4.70. The van der Waals surface area contributed by atoms with E-state index in [1.807, 2.05) is 6.07 Å². The lowest BCUT2D eigenvalue weighted by Crippen LogP contribution is -2.17. The molecule has 3 rings (SSSR count). The third-order valence-corrected chi connectivity index (χ3v) is 6.70. The number of nitrogens with one attached hydrogen (secondary N) is 1. The van der Waals surface area contributed by atoms with E-state index in [-0.39, 0.29) is 17.9 Å². The third-order valence-electron chi connectivity index (χ3n) is 5.53. The van der Waals surface area contributed by atoms with Gasteiger partial charge in [-0.2, -0.15) is 5.26 Å². The Bertz CT molecular complexity index is 1100. The number of carbonyl (C=O) groups excluding carboxylic acids is 2. The second kappa shape index (κ2) is 10.3. The normalized spacial score (nSPS) is 15.4. The molecule has 7 nitrogen and oxygen atoms in total. The molecule has 0 fully saturated rings. The predicted molar refractivity (Wildman–Crippen MR) is 123 cm³/mol. The van der Waals surface area contributed by atoms with E-state index < -0.39 is 11.9 Å². The zero-order valence-corrected chi connectivity index (χ0v) is 19.2. The van der Waals surface area contributed by atoms with E-state index >= 15 is 0 Å². The number of nitrogens with zero attached hydrogens (tertiary/aromatic N) is 1. The first-order chi connectivity index (χ1) is 15.4. The summed E-state index contributed by atoms with van der Waals surface area (Å²) in [7, 11) is 1.43. The molecule has 0 bridgehead atoms. The number of anilines is 1. The second-order valence-electron chi connectivity index (χ2n) is 7.50. The molecule has 0 spiro atoms. The van der Waals surface area contributed by atoms with Gasteiger partial charge in [0.05, 0.1) is 19.3 Å². The zero-order chi connectivity index (χ0) is 23.3. The molecular weight excluding hydrogens is 428 g/mol. The highest BCUT2D eigenvalue weighted by molar-refractivity contribution is 7.17. The number of esters is 1. The van der Waals surface area contributed by atoms with E-state index in [0.717, 1.165) is 36.1 Å². The molecule has 1 atom stereocenters. The first-order valence-electron chi connectivity index (χ1n) is 10.5. The van der Waals surface area contributed by atoms with E-state index in [4.69, 9.17) is 9.47 Å². The first-order valence-corrected chi connectivity index (χ1v) is 11.3. The van der Waals surface area contributed by atoms with Crippen LogP contribution in [0.4, 0.5) is 5.00 Å². The number of fused-ring (bicyclic) bond motifs is 1. The molecule has 0 aliphatic heterocycles. The molecule has 1 aliphatic carbocycles. The SMILES string of the molecule is CCOC(=O)c1c(NC(=O)/C(C#N)=C/c2ccc(OC)c(O)c2)sc2c1CCC(CC)C2. The van der Waals surface area contributed by atoms with Crippen LogP contribution < -0.4 is 10.1 Å². The van der Waals surface area contributed by atoms with Crippen LogP contribution in [0, 0.1) is 17.2 Å². The summed E-state index contributed by atoms with van der Waals surface area (Å²) in [6.07, 6.45) is 5.05. The molecular formula is C24H26N2O5S. The van der Waals surface area contributed by atoms with Crippen LogP contribution in [0.1, 0.15) is 53.1 Å². The number of ether oxygens (including phenoxy) is 2. The maximum atomic E-state index is 12.9. The van der Waals surface area contributed by atoms with Gasteiger partial charge in [0.25, 0.3) is 5.91 Å². The number of hydrogen-bond acceptors (Lipinski definition) is 7. The van der Waals surface area contributed by atoms with Gasteiger partial charge in [-0.1, -0.05) is 19.4 Å². The first kappa shape index (κ1) is 23.4. The monoisotopic (exact) mass is 454 g/mol. The smallest absolute Gasteiger partial charge is 0.341 e. The third kappa shape index (κ3) is 4.94. The molecule has 1 aromatic heterocycles. The fraction of sp³-hybridized carbons (Fsp3) is 0.375. The lowest BCUT2D eigenvalue weighted by atomic mass is 9.85. The second-order valence-corrected chi connectivity index (χ2v) is 8.61. The van der Waals surface area contributed by atoms with Crippen LogP contribution in [-0.4, -0.2) is 30.7 Å². The molecule has 0 saturated carbocycles. The molecule has 1 amide bonds.